The molecule has 1 aromatic carbocycles. The van der Waals surface area contributed by atoms with Crippen molar-refractivity contribution in [3.05, 3.63) is 28.2 Å². The number of halogens is 3. The molecule has 1 amide bonds. The molecule has 0 atom stereocenters. The van der Waals surface area contributed by atoms with Gasteiger partial charge in [0.15, 0.2) is 0 Å². The van der Waals surface area contributed by atoms with Crippen LogP contribution in [-0.2, 0) is 0 Å². The molecule has 0 unspecified atom stereocenters. The second-order valence-corrected chi connectivity index (χ2v) is 4.93. The minimum absolute atomic E-state index is 0.0860. The first kappa shape index (κ1) is 12.3. The van der Waals surface area contributed by atoms with Crippen LogP contribution in [0.4, 0.5) is 14.5 Å². The topological polar surface area (TPSA) is 46.3 Å². The van der Waals surface area contributed by atoms with E-state index in [4.69, 9.17) is 5.73 Å². The van der Waals surface area contributed by atoms with Crippen LogP contribution in [0.15, 0.2) is 22.7 Å². The van der Waals surface area contributed by atoms with E-state index in [1.807, 2.05) is 0 Å². The molecular weight excluding hydrogens is 294 g/mol. The van der Waals surface area contributed by atoms with Gasteiger partial charge in [-0.3, -0.25) is 4.79 Å². The number of likely N-dealkylation sites (tertiary alicyclic amines) is 1. The zero-order chi connectivity index (χ0) is 12.6. The molecule has 17 heavy (non-hydrogen) atoms. The Morgan fingerprint density at radius 1 is 1.47 bits per heavy atom. The molecule has 0 aromatic heterocycles. The molecule has 0 aliphatic carbocycles. The highest BCUT2D eigenvalue weighted by molar-refractivity contribution is 9.10. The minimum atomic E-state index is -2.77. The highest BCUT2D eigenvalue weighted by Gasteiger charge is 2.40. The first-order valence-electron chi connectivity index (χ1n) is 5.11. The third kappa shape index (κ3) is 2.57. The Morgan fingerprint density at radius 2 is 2.18 bits per heavy atom. The number of benzene rings is 1. The molecule has 0 radical (unpaired) electrons. The Bertz CT molecular complexity index is 465. The summed E-state index contributed by atoms with van der Waals surface area (Å²) < 4.78 is 26.5. The predicted octanol–water partition coefficient (Wildman–Crippen LogP) is 2.51. The molecule has 1 fully saturated rings. The molecule has 0 saturated carbocycles. The Hall–Kier alpha value is -1.17. The van der Waals surface area contributed by atoms with Crippen LogP contribution in [0.2, 0.25) is 0 Å². The smallest absolute Gasteiger partial charge is 0.267 e. The summed E-state index contributed by atoms with van der Waals surface area (Å²) in [5.74, 6) is -3.16. The van der Waals surface area contributed by atoms with E-state index in [0.29, 0.717) is 15.7 Å². The standard InChI is InChI=1S/C11H11BrF2N2O/c12-9-5-7(15)1-2-8(9)10(17)16-4-3-11(13,14)6-16/h1-2,5H,3-4,6,15H2. The van der Waals surface area contributed by atoms with Crippen LogP contribution in [0.5, 0.6) is 0 Å². The van der Waals surface area contributed by atoms with Crippen LogP contribution >= 0.6 is 15.9 Å². The average molecular weight is 305 g/mol. The summed E-state index contributed by atoms with van der Waals surface area (Å²) in [5.41, 5.74) is 6.42. The summed E-state index contributed by atoms with van der Waals surface area (Å²) in [6.45, 7) is -0.425. The molecule has 1 saturated heterocycles. The number of carbonyl (C=O) groups excluding carboxylic acids is 1. The monoisotopic (exact) mass is 304 g/mol. The van der Waals surface area contributed by atoms with Gasteiger partial charge in [0, 0.05) is 23.1 Å². The van der Waals surface area contributed by atoms with Gasteiger partial charge in [-0.2, -0.15) is 0 Å². The predicted molar refractivity (Wildman–Crippen MR) is 64.0 cm³/mol. The van der Waals surface area contributed by atoms with Gasteiger partial charge >= 0.3 is 0 Å². The molecule has 0 bridgehead atoms. The highest BCUT2D eigenvalue weighted by atomic mass is 79.9. The van der Waals surface area contributed by atoms with Crippen molar-refractivity contribution in [3.63, 3.8) is 0 Å². The number of rotatable bonds is 1. The van der Waals surface area contributed by atoms with Crippen molar-refractivity contribution in [2.24, 2.45) is 0 Å². The molecule has 1 aliphatic rings. The number of alkyl halides is 2. The van der Waals surface area contributed by atoms with Crippen LogP contribution in [0.25, 0.3) is 0 Å². The van der Waals surface area contributed by atoms with E-state index in [1.54, 1.807) is 12.1 Å². The molecular formula is C11H11BrF2N2O. The molecule has 6 heteroatoms. The van der Waals surface area contributed by atoms with Crippen LogP contribution < -0.4 is 5.73 Å². The number of nitrogen functional groups attached to an aromatic ring is 1. The molecule has 2 rings (SSSR count). The molecule has 3 nitrogen and oxygen atoms in total. The number of carbonyl (C=O) groups is 1. The zero-order valence-electron chi connectivity index (χ0n) is 8.92. The first-order chi connectivity index (χ1) is 7.89. The van der Waals surface area contributed by atoms with Gasteiger partial charge in [0.1, 0.15) is 0 Å². The van der Waals surface area contributed by atoms with Crippen molar-refractivity contribution in [2.75, 3.05) is 18.8 Å². The Morgan fingerprint density at radius 3 is 2.71 bits per heavy atom. The van der Waals surface area contributed by atoms with Crippen molar-refractivity contribution in [2.45, 2.75) is 12.3 Å². The van der Waals surface area contributed by atoms with Crippen molar-refractivity contribution in [1.82, 2.24) is 4.90 Å². The second-order valence-electron chi connectivity index (χ2n) is 4.07. The lowest BCUT2D eigenvalue weighted by Gasteiger charge is -2.17. The zero-order valence-corrected chi connectivity index (χ0v) is 10.5. The SMILES string of the molecule is Nc1ccc(C(=O)N2CCC(F)(F)C2)c(Br)c1. The number of hydrogen-bond acceptors (Lipinski definition) is 2. The van der Waals surface area contributed by atoms with Crippen LogP contribution in [-0.4, -0.2) is 29.8 Å². The summed E-state index contributed by atoms with van der Waals surface area (Å²) in [6, 6.07) is 4.70. The number of hydrogen-bond donors (Lipinski definition) is 1. The van der Waals surface area contributed by atoms with E-state index in [2.05, 4.69) is 15.9 Å². The van der Waals surface area contributed by atoms with E-state index in [9.17, 15) is 13.6 Å². The second kappa shape index (κ2) is 4.25. The maximum Gasteiger partial charge on any atom is 0.267 e. The van der Waals surface area contributed by atoms with Crippen molar-refractivity contribution in [1.29, 1.82) is 0 Å². The number of nitrogens with two attached hydrogens (primary N) is 1. The molecule has 2 N–H and O–H groups in total. The fourth-order valence-corrected chi connectivity index (χ4v) is 2.35. The third-order valence-electron chi connectivity index (χ3n) is 2.68. The van der Waals surface area contributed by atoms with E-state index in [1.165, 1.54) is 6.07 Å². The molecule has 1 heterocycles. The quantitative estimate of drug-likeness (QED) is 0.810. The Kier molecular flexibility index (Phi) is 3.07. The van der Waals surface area contributed by atoms with Crippen LogP contribution in [0, 0.1) is 0 Å². The number of anilines is 1. The van der Waals surface area contributed by atoms with Gasteiger partial charge in [0.05, 0.1) is 12.1 Å². The van der Waals surface area contributed by atoms with Gasteiger partial charge in [0.25, 0.3) is 11.8 Å². The maximum absolute atomic E-state index is 13.0. The molecule has 1 aliphatic heterocycles. The van der Waals surface area contributed by atoms with Crippen molar-refractivity contribution in [3.8, 4) is 0 Å². The lowest BCUT2D eigenvalue weighted by molar-refractivity contribution is 0.0120. The van der Waals surface area contributed by atoms with Crippen LogP contribution in [0.3, 0.4) is 0 Å². The van der Waals surface area contributed by atoms with Gasteiger partial charge in [-0.15, -0.1) is 0 Å². The summed E-state index contributed by atoms with van der Waals surface area (Å²) in [7, 11) is 0. The summed E-state index contributed by atoms with van der Waals surface area (Å²) in [6.07, 6.45) is -0.272. The van der Waals surface area contributed by atoms with Gasteiger partial charge < -0.3 is 10.6 Å². The van der Waals surface area contributed by atoms with E-state index in [0.717, 1.165) is 4.90 Å². The highest BCUT2D eigenvalue weighted by Crippen LogP contribution is 2.29. The third-order valence-corrected chi connectivity index (χ3v) is 3.34. The normalized spacial score (nSPS) is 18.4. The summed E-state index contributed by atoms with van der Waals surface area (Å²) >= 11 is 3.21. The lowest BCUT2D eigenvalue weighted by atomic mass is 10.2. The van der Waals surface area contributed by atoms with E-state index >= 15 is 0 Å². The molecule has 0 spiro atoms. The largest absolute Gasteiger partial charge is 0.399 e. The van der Waals surface area contributed by atoms with Crippen molar-refractivity contribution < 1.29 is 13.6 Å². The Balaban J connectivity index is 2.21. The minimum Gasteiger partial charge on any atom is -0.399 e. The lowest BCUT2D eigenvalue weighted by Crippen LogP contribution is -2.31. The fraction of sp³-hybridized carbons (Fsp3) is 0.364. The first-order valence-corrected chi connectivity index (χ1v) is 5.90. The van der Waals surface area contributed by atoms with E-state index < -0.39 is 18.4 Å². The van der Waals surface area contributed by atoms with Gasteiger partial charge in [-0.05, 0) is 34.1 Å². The van der Waals surface area contributed by atoms with Crippen LogP contribution in [0.1, 0.15) is 16.8 Å². The fourth-order valence-electron chi connectivity index (χ4n) is 1.78. The summed E-state index contributed by atoms with van der Waals surface area (Å²) in [5, 5.41) is 0. The number of nitrogens with zero attached hydrogens (tertiary/aromatic N) is 1. The average Bonchev–Trinajstić information content (AvgIpc) is 2.58. The molecule has 92 valence electrons. The molecule has 1 aromatic rings. The van der Waals surface area contributed by atoms with Gasteiger partial charge in [-0.25, -0.2) is 8.78 Å². The summed E-state index contributed by atoms with van der Waals surface area (Å²) in [4.78, 5) is 13.2. The van der Waals surface area contributed by atoms with Gasteiger partial charge in [-0.1, -0.05) is 0 Å². The van der Waals surface area contributed by atoms with Crippen molar-refractivity contribution >= 4 is 27.5 Å². The Labute approximate surface area is 106 Å². The number of amides is 1. The van der Waals surface area contributed by atoms with E-state index in [-0.39, 0.29) is 13.0 Å². The van der Waals surface area contributed by atoms with Gasteiger partial charge in [0.2, 0.25) is 0 Å². The maximum atomic E-state index is 13.0.